The maximum absolute atomic E-state index is 11.3. The Bertz CT molecular complexity index is 674. The van der Waals surface area contributed by atoms with Crippen molar-refractivity contribution in [2.75, 3.05) is 33.2 Å². The third-order valence-corrected chi connectivity index (χ3v) is 3.87. The molecule has 3 heterocycles. The molecule has 1 saturated heterocycles. The molecule has 0 aliphatic carbocycles. The molecule has 112 valence electrons. The molecule has 0 saturated carbocycles. The molecule has 21 heavy (non-hydrogen) atoms. The fourth-order valence-electron chi connectivity index (χ4n) is 2.66. The van der Waals surface area contributed by atoms with Crippen LogP contribution in [0, 0.1) is 0 Å². The van der Waals surface area contributed by atoms with Crippen LogP contribution >= 0.6 is 0 Å². The predicted octanol–water partition coefficient (Wildman–Crippen LogP) is 0.485. The van der Waals surface area contributed by atoms with Gasteiger partial charge in [0, 0.05) is 26.2 Å². The second-order valence-corrected chi connectivity index (χ2v) is 5.37. The van der Waals surface area contributed by atoms with E-state index in [9.17, 15) is 15.0 Å². The number of nitrogens with zero attached hydrogens (tertiary/aromatic N) is 4. The van der Waals surface area contributed by atoms with Crippen molar-refractivity contribution in [1.82, 2.24) is 19.2 Å². The molecule has 2 aromatic rings. The second-order valence-electron chi connectivity index (χ2n) is 5.37. The van der Waals surface area contributed by atoms with Crippen molar-refractivity contribution in [3.63, 3.8) is 0 Å². The maximum Gasteiger partial charge on any atom is 0.356 e. The number of imidazole rings is 1. The Kier molecular flexibility index (Phi) is 3.52. The van der Waals surface area contributed by atoms with E-state index in [2.05, 4.69) is 21.8 Å². The van der Waals surface area contributed by atoms with E-state index in [4.69, 9.17) is 0 Å². The fourth-order valence-corrected chi connectivity index (χ4v) is 2.66. The Balaban J connectivity index is 1.96. The number of rotatable bonds is 3. The molecule has 7 heteroatoms. The van der Waals surface area contributed by atoms with Gasteiger partial charge in [0.15, 0.2) is 11.6 Å². The van der Waals surface area contributed by atoms with E-state index in [0.29, 0.717) is 17.9 Å². The smallest absolute Gasteiger partial charge is 0.356 e. The van der Waals surface area contributed by atoms with Crippen LogP contribution in [-0.4, -0.2) is 68.6 Å². The molecule has 1 aliphatic rings. The van der Waals surface area contributed by atoms with Crippen molar-refractivity contribution < 1.29 is 15.0 Å². The minimum Gasteiger partial charge on any atom is -0.494 e. The average Bonchev–Trinajstić information content (AvgIpc) is 2.82. The number of carboxylic acid groups (broad SMARTS) is 1. The number of pyridine rings is 1. The predicted molar refractivity (Wildman–Crippen MR) is 76.6 cm³/mol. The summed E-state index contributed by atoms with van der Waals surface area (Å²) in [6, 6.07) is 4.82. The summed E-state index contributed by atoms with van der Waals surface area (Å²) in [5.41, 5.74) is 0.404. The first-order chi connectivity index (χ1) is 10.1. The highest BCUT2D eigenvalue weighted by Crippen LogP contribution is 2.21. The molecule has 2 N–H and O–H groups in total. The normalized spacial score (nSPS) is 17.4. The van der Waals surface area contributed by atoms with Gasteiger partial charge in [0.25, 0.3) is 0 Å². The third kappa shape index (κ3) is 2.57. The second kappa shape index (κ2) is 5.34. The number of aromatic hydroxyl groups is 1. The first-order valence-electron chi connectivity index (χ1n) is 6.90. The molecule has 1 fully saturated rings. The van der Waals surface area contributed by atoms with Crippen molar-refractivity contribution in [3.8, 4) is 5.88 Å². The van der Waals surface area contributed by atoms with Crippen molar-refractivity contribution in [2.45, 2.75) is 6.54 Å². The fraction of sp³-hybridized carbons (Fsp3) is 0.429. The average molecular weight is 290 g/mol. The highest BCUT2D eigenvalue weighted by Gasteiger charge is 2.21. The van der Waals surface area contributed by atoms with Gasteiger partial charge in [0.05, 0.1) is 12.1 Å². The summed E-state index contributed by atoms with van der Waals surface area (Å²) in [7, 11) is 2.08. The first-order valence-corrected chi connectivity index (χ1v) is 6.90. The van der Waals surface area contributed by atoms with Gasteiger partial charge < -0.3 is 15.1 Å². The molecule has 0 spiro atoms. The number of hydrogen-bond donors (Lipinski definition) is 2. The van der Waals surface area contributed by atoms with Crippen molar-refractivity contribution in [1.29, 1.82) is 0 Å². The standard InChI is InChI=1S/C14H18N4O3/c1-16-5-7-17(8-6-16)9-11-15-13(14(20)21)10-3-2-4-12(19)18(10)11/h2-4,19H,5-9H2,1H3,(H,20,21). The summed E-state index contributed by atoms with van der Waals surface area (Å²) in [6.45, 7) is 4.28. The summed E-state index contributed by atoms with van der Waals surface area (Å²) >= 11 is 0. The molecule has 3 rings (SSSR count). The van der Waals surface area contributed by atoms with Gasteiger partial charge in [0.2, 0.25) is 0 Å². The van der Waals surface area contributed by atoms with E-state index < -0.39 is 5.97 Å². The summed E-state index contributed by atoms with van der Waals surface area (Å²) < 4.78 is 1.52. The third-order valence-electron chi connectivity index (χ3n) is 3.87. The van der Waals surface area contributed by atoms with Gasteiger partial charge in [-0.2, -0.15) is 0 Å². The Morgan fingerprint density at radius 2 is 2.00 bits per heavy atom. The summed E-state index contributed by atoms with van der Waals surface area (Å²) in [4.78, 5) is 20.0. The van der Waals surface area contributed by atoms with Gasteiger partial charge >= 0.3 is 5.97 Å². The molecule has 0 bridgehead atoms. The van der Waals surface area contributed by atoms with E-state index in [0.717, 1.165) is 26.2 Å². The number of carbonyl (C=O) groups is 1. The lowest BCUT2D eigenvalue weighted by Crippen LogP contribution is -2.44. The number of fused-ring (bicyclic) bond motifs is 1. The SMILES string of the molecule is CN1CCN(Cc2nc(C(=O)O)c3cccc(O)n23)CC1. The zero-order valence-electron chi connectivity index (χ0n) is 11.9. The van der Waals surface area contributed by atoms with E-state index in [-0.39, 0.29) is 11.6 Å². The Labute approximate surface area is 122 Å². The topological polar surface area (TPSA) is 81.3 Å². The van der Waals surface area contributed by atoms with Crippen LogP contribution in [0.4, 0.5) is 0 Å². The molecular weight excluding hydrogens is 272 g/mol. The lowest BCUT2D eigenvalue weighted by molar-refractivity contribution is 0.0693. The summed E-state index contributed by atoms with van der Waals surface area (Å²) in [5, 5.41) is 19.3. The Hall–Kier alpha value is -2.12. The molecule has 2 aromatic heterocycles. The van der Waals surface area contributed by atoms with E-state index in [1.807, 2.05) is 0 Å². The van der Waals surface area contributed by atoms with E-state index in [1.54, 1.807) is 12.1 Å². The van der Waals surface area contributed by atoms with E-state index >= 15 is 0 Å². The van der Waals surface area contributed by atoms with Crippen LogP contribution in [0.15, 0.2) is 18.2 Å². The molecule has 0 radical (unpaired) electrons. The van der Waals surface area contributed by atoms with Crippen LogP contribution in [0.1, 0.15) is 16.3 Å². The molecular formula is C14H18N4O3. The quantitative estimate of drug-likeness (QED) is 0.856. The maximum atomic E-state index is 11.3. The summed E-state index contributed by atoms with van der Waals surface area (Å²) in [5.74, 6) is -0.510. The number of piperazine rings is 1. The number of likely N-dealkylation sites (N-methyl/N-ethyl adjacent to an activating group) is 1. The Morgan fingerprint density at radius 3 is 2.67 bits per heavy atom. The van der Waals surface area contributed by atoms with Crippen LogP contribution in [0.5, 0.6) is 5.88 Å². The molecule has 7 nitrogen and oxygen atoms in total. The number of hydrogen-bond acceptors (Lipinski definition) is 5. The van der Waals surface area contributed by atoms with Gasteiger partial charge in [-0.15, -0.1) is 0 Å². The largest absolute Gasteiger partial charge is 0.494 e. The van der Waals surface area contributed by atoms with Gasteiger partial charge in [-0.05, 0) is 19.2 Å². The van der Waals surface area contributed by atoms with Gasteiger partial charge in [-0.1, -0.05) is 6.07 Å². The van der Waals surface area contributed by atoms with Crippen molar-refractivity contribution in [2.24, 2.45) is 0 Å². The van der Waals surface area contributed by atoms with Gasteiger partial charge in [-0.25, -0.2) is 9.78 Å². The number of aromatic carboxylic acids is 1. The van der Waals surface area contributed by atoms with Crippen LogP contribution in [0.2, 0.25) is 0 Å². The van der Waals surface area contributed by atoms with Crippen LogP contribution < -0.4 is 0 Å². The minimum absolute atomic E-state index is 0.0108. The Morgan fingerprint density at radius 1 is 1.29 bits per heavy atom. The highest BCUT2D eigenvalue weighted by molar-refractivity contribution is 5.93. The molecule has 0 unspecified atom stereocenters. The molecule has 0 aromatic carbocycles. The van der Waals surface area contributed by atoms with Crippen LogP contribution in [0.3, 0.4) is 0 Å². The van der Waals surface area contributed by atoms with Crippen LogP contribution in [0.25, 0.3) is 5.52 Å². The monoisotopic (exact) mass is 290 g/mol. The zero-order chi connectivity index (χ0) is 15.0. The van der Waals surface area contributed by atoms with E-state index in [1.165, 1.54) is 10.5 Å². The zero-order valence-corrected chi connectivity index (χ0v) is 11.9. The lowest BCUT2D eigenvalue weighted by atomic mass is 10.3. The molecule has 0 atom stereocenters. The minimum atomic E-state index is -1.08. The lowest BCUT2D eigenvalue weighted by Gasteiger charge is -2.31. The first kappa shape index (κ1) is 13.8. The molecule has 0 amide bonds. The van der Waals surface area contributed by atoms with Crippen molar-refractivity contribution >= 4 is 11.5 Å². The number of carboxylic acids is 1. The number of aromatic nitrogens is 2. The van der Waals surface area contributed by atoms with Gasteiger partial charge in [-0.3, -0.25) is 9.30 Å². The summed E-state index contributed by atoms with van der Waals surface area (Å²) in [6.07, 6.45) is 0. The highest BCUT2D eigenvalue weighted by atomic mass is 16.4. The molecule has 1 aliphatic heterocycles. The van der Waals surface area contributed by atoms with Crippen LogP contribution in [-0.2, 0) is 6.54 Å². The van der Waals surface area contributed by atoms with Gasteiger partial charge in [0.1, 0.15) is 5.82 Å². The van der Waals surface area contributed by atoms with Crippen molar-refractivity contribution in [3.05, 3.63) is 29.7 Å².